The van der Waals surface area contributed by atoms with Crippen molar-refractivity contribution in [3.8, 4) is 28.2 Å². The molecular formula is C31H28F2N4O5S2. The average molecular weight is 639 g/mol. The molecule has 4 aromatic rings. The van der Waals surface area contributed by atoms with Crippen molar-refractivity contribution in [3.05, 3.63) is 81.5 Å². The second-order valence-corrected chi connectivity index (χ2v) is 13.3. The van der Waals surface area contributed by atoms with E-state index < -0.39 is 32.5 Å². The van der Waals surface area contributed by atoms with E-state index in [0.717, 1.165) is 54.8 Å². The number of primary sulfonamides is 1. The Hall–Kier alpha value is -3.96. The molecule has 1 saturated carbocycles. The number of thiazole rings is 1. The van der Waals surface area contributed by atoms with Crippen molar-refractivity contribution in [1.82, 2.24) is 14.8 Å². The van der Waals surface area contributed by atoms with Crippen LogP contribution >= 0.6 is 11.3 Å². The Balaban J connectivity index is 1.47. The third-order valence-corrected chi connectivity index (χ3v) is 9.42. The summed E-state index contributed by atoms with van der Waals surface area (Å²) in [6.45, 7) is 0.701. The summed E-state index contributed by atoms with van der Waals surface area (Å²) in [7, 11) is -4.25. The highest BCUT2D eigenvalue weighted by Crippen LogP contribution is 2.38. The molecule has 0 bridgehead atoms. The van der Waals surface area contributed by atoms with E-state index in [1.165, 1.54) is 17.5 Å². The van der Waals surface area contributed by atoms with E-state index in [0.29, 0.717) is 52.9 Å². The molecule has 1 aliphatic heterocycles. The van der Waals surface area contributed by atoms with Crippen molar-refractivity contribution in [2.45, 2.75) is 55.9 Å². The van der Waals surface area contributed by atoms with Gasteiger partial charge in [0.2, 0.25) is 15.2 Å². The number of halogens is 2. The Morgan fingerprint density at radius 2 is 1.98 bits per heavy atom. The molecule has 1 saturated heterocycles. The lowest BCUT2D eigenvalue weighted by atomic mass is 9.96. The van der Waals surface area contributed by atoms with Gasteiger partial charge in [0.25, 0.3) is 0 Å². The first-order chi connectivity index (χ1) is 21.1. The second-order valence-electron chi connectivity index (χ2n) is 11.0. The first-order valence-electron chi connectivity index (χ1n) is 14.1. The molecule has 0 amide bonds. The molecule has 3 N–H and O–H groups in total. The molecule has 1 aliphatic carbocycles. The Morgan fingerprint density at radius 1 is 1.16 bits per heavy atom. The lowest BCUT2D eigenvalue weighted by molar-refractivity contribution is 0.0691. The number of rotatable bonds is 9. The van der Waals surface area contributed by atoms with Gasteiger partial charge in [-0.05, 0) is 73.9 Å². The van der Waals surface area contributed by atoms with E-state index in [-0.39, 0.29) is 23.8 Å². The Bertz CT molecular complexity index is 1920. The maximum Gasteiger partial charge on any atom is 0.355 e. The van der Waals surface area contributed by atoms with Crippen LogP contribution < -0.4 is 5.14 Å². The largest absolute Gasteiger partial charge is 0.476 e. The molecule has 9 nitrogen and oxygen atoms in total. The number of hydrogen-bond acceptors (Lipinski definition) is 7. The molecule has 2 aromatic heterocycles. The van der Waals surface area contributed by atoms with Crippen LogP contribution in [0.2, 0.25) is 0 Å². The minimum Gasteiger partial charge on any atom is -0.476 e. The average Bonchev–Trinajstić information content (AvgIpc) is 3.32. The molecule has 2 fully saturated rings. The van der Waals surface area contributed by atoms with Crippen LogP contribution in [0.3, 0.4) is 0 Å². The van der Waals surface area contributed by atoms with Gasteiger partial charge >= 0.3 is 5.97 Å². The molecule has 13 heteroatoms. The summed E-state index contributed by atoms with van der Waals surface area (Å²) >= 11 is 1.13. The summed E-state index contributed by atoms with van der Waals surface area (Å²) in [4.78, 5) is 15.3. The van der Waals surface area contributed by atoms with Crippen LogP contribution in [-0.4, -0.2) is 47.0 Å². The van der Waals surface area contributed by atoms with E-state index >= 15 is 0 Å². The number of carboxylic acid groups (broad SMARTS) is 1. The van der Waals surface area contributed by atoms with Gasteiger partial charge in [0, 0.05) is 36.0 Å². The van der Waals surface area contributed by atoms with Gasteiger partial charge in [0.05, 0.1) is 23.1 Å². The highest BCUT2D eigenvalue weighted by atomic mass is 32.2. The number of aromatic nitrogens is 3. The van der Waals surface area contributed by atoms with Crippen LogP contribution in [0.5, 0.6) is 0 Å². The fraction of sp³-hybridized carbons (Fsp3) is 0.323. The number of carbonyl (C=O) groups is 1. The zero-order chi connectivity index (χ0) is 31.0. The zero-order valence-corrected chi connectivity index (χ0v) is 25.1. The number of ether oxygens (including phenoxy) is 1. The number of hydrogen-bond donors (Lipinski definition) is 2. The van der Waals surface area contributed by atoms with Gasteiger partial charge in [-0.1, -0.05) is 17.9 Å². The van der Waals surface area contributed by atoms with Gasteiger partial charge in [-0.2, -0.15) is 5.10 Å². The third kappa shape index (κ3) is 6.58. The number of nitrogens with two attached hydrogens (primary N) is 1. The number of sulfonamides is 1. The number of aromatic carboxylic acids is 1. The summed E-state index contributed by atoms with van der Waals surface area (Å²) in [5.74, 6) is 3.70. The minimum absolute atomic E-state index is 0.0380. The predicted molar refractivity (Wildman–Crippen MR) is 159 cm³/mol. The van der Waals surface area contributed by atoms with E-state index in [4.69, 9.17) is 15.0 Å². The highest BCUT2D eigenvalue weighted by molar-refractivity contribution is 7.89. The first-order valence-corrected chi connectivity index (χ1v) is 16.5. The molecular weight excluding hydrogens is 610 g/mol. The number of nitrogens with zero attached hydrogens (tertiary/aromatic N) is 3. The summed E-state index contributed by atoms with van der Waals surface area (Å²) in [6, 6.07) is 8.27. The molecule has 2 aliphatic rings. The van der Waals surface area contributed by atoms with Crippen molar-refractivity contribution in [1.29, 1.82) is 0 Å². The lowest BCUT2D eigenvalue weighted by Crippen LogP contribution is -2.14. The summed E-state index contributed by atoms with van der Waals surface area (Å²) in [6.07, 6.45) is 5.22. The van der Waals surface area contributed by atoms with Crippen LogP contribution in [-0.2, 0) is 27.6 Å². The lowest BCUT2D eigenvalue weighted by Gasteiger charge is -2.10. The smallest absolute Gasteiger partial charge is 0.355 e. The van der Waals surface area contributed by atoms with Gasteiger partial charge in [0.1, 0.15) is 16.5 Å². The van der Waals surface area contributed by atoms with E-state index in [9.17, 15) is 27.1 Å². The van der Waals surface area contributed by atoms with Crippen LogP contribution in [0.1, 0.15) is 65.0 Å². The van der Waals surface area contributed by atoms with E-state index in [1.807, 2.05) is 0 Å². The fourth-order valence-corrected chi connectivity index (χ4v) is 6.61. The van der Waals surface area contributed by atoms with Gasteiger partial charge in [0.15, 0.2) is 5.69 Å². The van der Waals surface area contributed by atoms with Gasteiger partial charge < -0.3 is 9.84 Å². The van der Waals surface area contributed by atoms with Crippen molar-refractivity contribution in [2.24, 2.45) is 11.1 Å². The van der Waals surface area contributed by atoms with Crippen LogP contribution in [0, 0.1) is 29.4 Å². The maximum atomic E-state index is 14.9. The van der Waals surface area contributed by atoms with Crippen molar-refractivity contribution in [3.63, 3.8) is 0 Å². The molecule has 6 rings (SSSR count). The molecule has 0 radical (unpaired) electrons. The first kappa shape index (κ1) is 30.1. The highest BCUT2D eigenvalue weighted by Gasteiger charge is 2.30. The Morgan fingerprint density at radius 3 is 2.64 bits per heavy atom. The summed E-state index contributed by atoms with van der Waals surface area (Å²) < 4.78 is 60.6. The maximum absolute atomic E-state index is 14.9. The quantitative estimate of drug-likeness (QED) is 0.244. The SMILES string of the molecule is NS(=O)(=O)c1ccc(Cc2c(-c3ccc(F)c(C#CCC4CCCO4)c3)nn(-c3nc(C(=O)O)cs3)c2CC2CC2)cc1F. The number of benzene rings is 2. The Labute approximate surface area is 256 Å². The predicted octanol–water partition coefficient (Wildman–Crippen LogP) is 5.08. The molecule has 0 spiro atoms. The number of carboxylic acids is 1. The molecule has 1 atom stereocenters. The van der Waals surface area contributed by atoms with Crippen molar-refractivity contribution in [2.75, 3.05) is 6.61 Å². The zero-order valence-electron chi connectivity index (χ0n) is 23.4. The molecule has 2 aromatic carbocycles. The van der Waals surface area contributed by atoms with E-state index in [2.05, 4.69) is 16.8 Å². The summed E-state index contributed by atoms with van der Waals surface area (Å²) in [5.41, 5.74) is 3.05. The normalized spacial score (nSPS) is 16.6. The molecule has 228 valence electrons. The van der Waals surface area contributed by atoms with E-state index in [1.54, 1.807) is 16.8 Å². The van der Waals surface area contributed by atoms with Crippen molar-refractivity contribution < 1.29 is 31.8 Å². The van der Waals surface area contributed by atoms with Crippen LogP contribution in [0.4, 0.5) is 8.78 Å². The minimum atomic E-state index is -4.25. The standard InChI is InChI=1S/C31H28F2N4O5S2/c32-24-10-9-21(16-20(24)3-1-4-22-5-2-12-42-22)29-23(13-19-8-11-28(25(33)14-19)44(34,40)41)27(15-18-6-7-18)37(36-29)31-35-26(17-43-31)30(38)39/h8-11,14,16-18,22H,2,4-7,12-13,15H2,(H,38,39)(H2,34,40,41). The van der Waals surface area contributed by atoms with Crippen molar-refractivity contribution >= 4 is 27.3 Å². The van der Waals surface area contributed by atoms with Gasteiger partial charge in [-0.3, -0.25) is 0 Å². The Kier molecular flexibility index (Phi) is 8.34. The van der Waals surface area contributed by atoms with Crippen LogP contribution in [0.25, 0.3) is 16.4 Å². The molecule has 1 unspecified atom stereocenters. The van der Waals surface area contributed by atoms with Gasteiger partial charge in [-0.15, -0.1) is 11.3 Å². The second kappa shape index (κ2) is 12.2. The van der Waals surface area contributed by atoms with Crippen LogP contribution in [0.15, 0.2) is 46.7 Å². The summed E-state index contributed by atoms with van der Waals surface area (Å²) in [5, 5.41) is 21.3. The monoisotopic (exact) mass is 638 g/mol. The molecule has 3 heterocycles. The van der Waals surface area contributed by atoms with Gasteiger partial charge in [-0.25, -0.2) is 36.8 Å². The molecule has 44 heavy (non-hydrogen) atoms. The topological polar surface area (TPSA) is 137 Å². The fourth-order valence-electron chi connectivity index (χ4n) is 5.25. The third-order valence-electron chi connectivity index (χ3n) is 7.66.